The van der Waals surface area contributed by atoms with Crippen LogP contribution in [0.15, 0.2) is 58.7 Å². The average molecular weight is 300 g/mol. The highest BCUT2D eigenvalue weighted by Crippen LogP contribution is 2.14. The molecule has 118 valence electrons. The van der Waals surface area contributed by atoms with Crippen LogP contribution in [0.2, 0.25) is 0 Å². The van der Waals surface area contributed by atoms with Gasteiger partial charge in [0.15, 0.2) is 0 Å². The maximum Gasteiger partial charge on any atom is 0.233 e. The SMILES string of the molecule is C/C=C\C=C(\C)N.Cc1nnc([C@@H](N)Cc2ccccc2)o1. The molecule has 0 spiro atoms. The van der Waals surface area contributed by atoms with Crippen LogP contribution < -0.4 is 11.5 Å². The highest BCUT2D eigenvalue weighted by atomic mass is 16.4. The number of nitrogens with zero attached hydrogens (tertiary/aromatic N) is 2. The zero-order chi connectivity index (χ0) is 16.4. The molecule has 22 heavy (non-hydrogen) atoms. The molecule has 0 saturated heterocycles. The molecule has 0 radical (unpaired) electrons. The van der Waals surface area contributed by atoms with Gasteiger partial charge in [0.1, 0.15) is 0 Å². The molecule has 4 N–H and O–H groups in total. The van der Waals surface area contributed by atoms with Crippen molar-refractivity contribution in [3.8, 4) is 0 Å². The van der Waals surface area contributed by atoms with Crippen LogP contribution in [0.25, 0.3) is 0 Å². The van der Waals surface area contributed by atoms with E-state index in [0.717, 1.165) is 5.70 Å². The molecule has 2 aromatic rings. The second-order valence-electron chi connectivity index (χ2n) is 4.89. The van der Waals surface area contributed by atoms with Crippen LogP contribution in [-0.4, -0.2) is 10.2 Å². The van der Waals surface area contributed by atoms with Crippen LogP contribution in [0.1, 0.15) is 37.2 Å². The van der Waals surface area contributed by atoms with E-state index in [1.807, 2.05) is 62.4 Å². The Balaban J connectivity index is 0.000000295. The summed E-state index contributed by atoms with van der Waals surface area (Å²) in [6, 6.07) is 9.79. The molecule has 1 aromatic heterocycles. The van der Waals surface area contributed by atoms with Gasteiger partial charge in [-0.3, -0.25) is 0 Å². The van der Waals surface area contributed by atoms with Gasteiger partial charge in [-0.2, -0.15) is 0 Å². The molecule has 1 atom stereocenters. The number of nitrogens with two attached hydrogens (primary N) is 2. The van der Waals surface area contributed by atoms with Gasteiger partial charge in [-0.05, 0) is 31.9 Å². The van der Waals surface area contributed by atoms with Gasteiger partial charge < -0.3 is 15.9 Å². The highest BCUT2D eigenvalue weighted by Gasteiger charge is 2.13. The lowest BCUT2D eigenvalue weighted by Crippen LogP contribution is -2.13. The minimum Gasteiger partial charge on any atom is -0.424 e. The van der Waals surface area contributed by atoms with Crippen molar-refractivity contribution in [2.45, 2.75) is 33.2 Å². The molecule has 1 heterocycles. The third kappa shape index (κ3) is 6.85. The highest BCUT2D eigenvalue weighted by molar-refractivity contribution is 5.16. The third-order valence-electron chi connectivity index (χ3n) is 2.71. The molecule has 0 aliphatic rings. The van der Waals surface area contributed by atoms with E-state index in [4.69, 9.17) is 15.9 Å². The van der Waals surface area contributed by atoms with Gasteiger partial charge in [-0.1, -0.05) is 42.5 Å². The Morgan fingerprint density at radius 3 is 2.41 bits per heavy atom. The molecule has 2 rings (SSSR count). The summed E-state index contributed by atoms with van der Waals surface area (Å²) in [4.78, 5) is 0. The van der Waals surface area contributed by atoms with Crippen molar-refractivity contribution in [2.75, 3.05) is 0 Å². The Hall–Kier alpha value is -2.40. The lowest BCUT2D eigenvalue weighted by molar-refractivity contribution is 0.429. The largest absolute Gasteiger partial charge is 0.424 e. The number of allylic oxidation sites excluding steroid dienone is 4. The molecule has 0 fully saturated rings. The normalized spacial score (nSPS) is 12.8. The Morgan fingerprint density at radius 1 is 1.27 bits per heavy atom. The van der Waals surface area contributed by atoms with Crippen molar-refractivity contribution in [1.82, 2.24) is 10.2 Å². The van der Waals surface area contributed by atoms with Gasteiger partial charge >= 0.3 is 0 Å². The summed E-state index contributed by atoms with van der Waals surface area (Å²) < 4.78 is 5.27. The fourth-order valence-electron chi connectivity index (χ4n) is 1.67. The zero-order valence-electron chi connectivity index (χ0n) is 13.4. The van der Waals surface area contributed by atoms with E-state index in [1.165, 1.54) is 5.56 Å². The first kappa shape index (κ1) is 17.7. The molecule has 0 unspecified atom stereocenters. The average Bonchev–Trinajstić information content (AvgIpc) is 2.93. The number of benzene rings is 1. The van der Waals surface area contributed by atoms with E-state index >= 15 is 0 Å². The Labute approximate surface area is 131 Å². The van der Waals surface area contributed by atoms with Crippen molar-refractivity contribution in [1.29, 1.82) is 0 Å². The van der Waals surface area contributed by atoms with Gasteiger partial charge in [-0.15, -0.1) is 10.2 Å². The lowest BCUT2D eigenvalue weighted by atomic mass is 10.1. The van der Waals surface area contributed by atoms with Gasteiger partial charge in [0, 0.05) is 12.6 Å². The molecular weight excluding hydrogens is 276 g/mol. The molecule has 5 heteroatoms. The molecule has 1 aromatic carbocycles. The second-order valence-corrected chi connectivity index (χ2v) is 4.89. The Kier molecular flexibility index (Phi) is 7.64. The van der Waals surface area contributed by atoms with Gasteiger partial charge in [0.2, 0.25) is 11.8 Å². The number of hydrogen-bond acceptors (Lipinski definition) is 5. The summed E-state index contributed by atoms with van der Waals surface area (Å²) in [7, 11) is 0. The number of aryl methyl sites for hydroxylation is 1. The first-order chi connectivity index (χ1) is 10.5. The molecule has 5 nitrogen and oxygen atoms in total. The molecule has 0 bridgehead atoms. The van der Waals surface area contributed by atoms with Gasteiger partial charge in [0.05, 0.1) is 6.04 Å². The zero-order valence-corrected chi connectivity index (χ0v) is 13.4. The third-order valence-corrected chi connectivity index (χ3v) is 2.71. The summed E-state index contributed by atoms with van der Waals surface area (Å²) in [5, 5.41) is 7.65. The van der Waals surface area contributed by atoms with E-state index in [0.29, 0.717) is 18.2 Å². The lowest BCUT2D eigenvalue weighted by Gasteiger charge is -2.06. The summed E-state index contributed by atoms with van der Waals surface area (Å²) >= 11 is 0. The van der Waals surface area contributed by atoms with Crippen LogP contribution in [0, 0.1) is 6.92 Å². The van der Waals surface area contributed by atoms with Crippen LogP contribution in [0.5, 0.6) is 0 Å². The van der Waals surface area contributed by atoms with E-state index < -0.39 is 0 Å². The van der Waals surface area contributed by atoms with E-state index in [1.54, 1.807) is 6.92 Å². The summed E-state index contributed by atoms with van der Waals surface area (Å²) in [5.41, 5.74) is 13.2. The van der Waals surface area contributed by atoms with E-state index in [2.05, 4.69) is 10.2 Å². The molecule has 0 aliphatic heterocycles. The van der Waals surface area contributed by atoms with Crippen LogP contribution in [-0.2, 0) is 6.42 Å². The number of rotatable bonds is 4. The first-order valence-electron chi connectivity index (χ1n) is 7.17. The van der Waals surface area contributed by atoms with Crippen molar-refractivity contribution in [2.24, 2.45) is 11.5 Å². The monoisotopic (exact) mass is 300 g/mol. The summed E-state index contributed by atoms with van der Waals surface area (Å²) in [6.07, 6.45) is 6.42. The maximum absolute atomic E-state index is 5.94. The van der Waals surface area contributed by atoms with Crippen LogP contribution in [0.4, 0.5) is 0 Å². The quantitative estimate of drug-likeness (QED) is 0.847. The second kappa shape index (κ2) is 9.52. The van der Waals surface area contributed by atoms with Crippen molar-refractivity contribution >= 4 is 0 Å². The Morgan fingerprint density at radius 2 is 1.95 bits per heavy atom. The minimum absolute atomic E-state index is 0.228. The van der Waals surface area contributed by atoms with E-state index in [9.17, 15) is 0 Å². The van der Waals surface area contributed by atoms with Crippen molar-refractivity contribution in [3.05, 3.63) is 71.6 Å². The first-order valence-corrected chi connectivity index (χ1v) is 7.17. The summed E-state index contributed by atoms with van der Waals surface area (Å²) in [6.45, 7) is 5.57. The molecule has 0 amide bonds. The van der Waals surface area contributed by atoms with Gasteiger partial charge in [0.25, 0.3) is 0 Å². The predicted octanol–water partition coefficient (Wildman–Crippen LogP) is 3.05. The van der Waals surface area contributed by atoms with Crippen LogP contribution in [0.3, 0.4) is 0 Å². The maximum atomic E-state index is 5.94. The van der Waals surface area contributed by atoms with Crippen molar-refractivity contribution < 1.29 is 4.42 Å². The smallest absolute Gasteiger partial charge is 0.233 e. The summed E-state index contributed by atoms with van der Waals surface area (Å²) in [5.74, 6) is 1.05. The van der Waals surface area contributed by atoms with Gasteiger partial charge in [-0.25, -0.2) is 0 Å². The molecular formula is C17H24N4O. The van der Waals surface area contributed by atoms with Crippen LogP contribution >= 0.6 is 0 Å². The molecule has 0 saturated carbocycles. The predicted molar refractivity (Wildman–Crippen MR) is 88.9 cm³/mol. The van der Waals surface area contributed by atoms with Crippen molar-refractivity contribution in [3.63, 3.8) is 0 Å². The number of hydrogen-bond donors (Lipinski definition) is 2. The fraction of sp³-hybridized carbons (Fsp3) is 0.294. The van der Waals surface area contributed by atoms with E-state index in [-0.39, 0.29) is 6.04 Å². The Bertz CT molecular complexity index is 598. The minimum atomic E-state index is -0.228. The fourth-order valence-corrected chi connectivity index (χ4v) is 1.67. The standard InChI is InChI=1S/C11H13N3O.C6H11N/c1-8-13-14-11(15-8)10(12)7-9-5-3-2-4-6-9;1-3-4-5-6(2)7/h2-6,10H,7,12H2,1H3;3-5H,7H2,1-2H3/b;4-3-,6-5-/t10-;/m0./s1. The molecule has 0 aliphatic carbocycles. The topological polar surface area (TPSA) is 91.0 Å². The number of aromatic nitrogens is 2.